The first-order valence-electron chi connectivity index (χ1n) is 18.7. The molecule has 1 aliphatic heterocycles. The van der Waals surface area contributed by atoms with Crippen LogP contribution in [-0.4, -0.2) is 15.0 Å². The first-order valence-corrected chi connectivity index (χ1v) is 18.7. The summed E-state index contributed by atoms with van der Waals surface area (Å²) >= 11 is 0. The lowest BCUT2D eigenvalue weighted by atomic mass is 9.66. The number of hydrogen-bond donors (Lipinski definition) is 0. The summed E-state index contributed by atoms with van der Waals surface area (Å²) in [5.41, 5.74) is 12.9. The molecule has 55 heavy (non-hydrogen) atoms. The maximum atomic E-state index is 6.58. The van der Waals surface area contributed by atoms with E-state index in [2.05, 4.69) is 171 Å². The molecule has 0 fully saturated rings. The van der Waals surface area contributed by atoms with Crippen molar-refractivity contribution in [3.8, 4) is 67.9 Å². The normalized spacial score (nSPS) is 13.1. The van der Waals surface area contributed by atoms with E-state index in [4.69, 9.17) is 19.7 Å². The molecule has 0 atom stereocenters. The molecule has 0 amide bonds. The van der Waals surface area contributed by atoms with Gasteiger partial charge in [-0.25, -0.2) is 15.0 Å². The summed E-state index contributed by atoms with van der Waals surface area (Å²) in [7, 11) is 0. The summed E-state index contributed by atoms with van der Waals surface area (Å²) in [6.45, 7) is 2.16. The molecule has 8 aromatic carbocycles. The molecule has 1 spiro atoms. The number of ether oxygens (including phenoxy) is 1. The van der Waals surface area contributed by atoms with Crippen molar-refractivity contribution in [2.45, 2.75) is 12.3 Å². The molecule has 0 N–H and O–H groups in total. The zero-order chi connectivity index (χ0) is 36.5. The maximum Gasteiger partial charge on any atom is 0.164 e. The number of fused-ring (bicyclic) bond motifs is 10. The van der Waals surface area contributed by atoms with E-state index in [1.54, 1.807) is 0 Å². The average Bonchev–Trinajstić information content (AvgIpc) is 3.52. The molecule has 1 aliphatic carbocycles. The standard InChI is InChI=1S/C51H33N3O/c1-32-19-28-42-41(29-32)40-27-26-39(31-45(40)51(42)43-15-7-9-17-46(43)55-47-18-10-8-16-44(47)51)50-53-48(35-12-3-2-4-13-35)52-49(54-50)36-23-20-34(21-24-36)38-25-22-33-11-5-6-14-37(33)30-38/h2-31H,1H3. The molecular weight excluding hydrogens is 671 g/mol. The van der Waals surface area contributed by atoms with Crippen LogP contribution < -0.4 is 4.74 Å². The number of hydrogen-bond acceptors (Lipinski definition) is 4. The molecule has 0 saturated heterocycles. The van der Waals surface area contributed by atoms with Crippen LogP contribution in [0.3, 0.4) is 0 Å². The van der Waals surface area contributed by atoms with Crippen LogP contribution in [0.1, 0.15) is 27.8 Å². The predicted molar refractivity (Wildman–Crippen MR) is 221 cm³/mol. The third-order valence-corrected chi connectivity index (χ3v) is 11.2. The summed E-state index contributed by atoms with van der Waals surface area (Å²) in [6, 6.07) is 64.3. The third kappa shape index (κ3) is 4.88. The third-order valence-electron chi connectivity index (χ3n) is 11.2. The largest absolute Gasteiger partial charge is 0.457 e. The summed E-state index contributed by atoms with van der Waals surface area (Å²) < 4.78 is 6.58. The molecule has 2 aliphatic rings. The van der Waals surface area contributed by atoms with Crippen LogP contribution >= 0.6 is 0 Å². The Morgan fingerprint density at radius 2 is 0.927 bits per heavy atom. The second-order valence-corrected chi connectivity index (χ2v) is 14.5. The first-order chi connectivity index (χ1) is 27.1. The molecule has 11 rings (SSSR count). The lowest BCUT2D eigenvalue weighted by molar-refractivity contribution is 0.436. The van der Waals surface area contributed by atoms with Gasteiger partial charge in [0, 0.05) is 27.8 Å². The fraction of sp³-hybridized carbons (Fsp3) is 0.0392. The van der Waals surface area contributed by atoms with Gasteiger partial charge in [-0.3, -0.25) is 0 Å². The summed E-state index contributed by atoms with van der Waals surface area (Å²) in [6.07, 6.45) is 0. The molecular formula is C51H33N3O. The quantitative estimate of drug-likeness (QED) is 0.183. The Balaban J connectivity index is 1.10. The molecule has 0 bridgehead atoms. The molecule has 0 saturated carbocycles. The van der Waals surface area contributed by atoms with Gasteiger partial charge in [-0.2, -0.15) is 0 Å². The van der Waals surface area contributed by atoms with Crippen molar-refractivity contribution in [3.05, 3.63) is 210 Å². The Morgan fingerprint density at radius 3 is 1.65 bits per heavy atom. The minimum Gasteiger partial charge on any atom is -0.457 e. The Bertz CT molecular complexity index is 2920. The second-order valence-electron chi connectivity index (χ2n) is 14.5. The number of aromatic nitrogens is 3. The highest BCUT2D eigenvalue weighted by Crippen LogP contribution is 2.62. The zero-order valence-electron chi connectivity index (χ0n) is 30.1. The second kappa shape index (κ2) is 12.2. The SMILES string of the molecule is Cc1ccc2c(c1)-c1ccc(-c3nc(-c4ccccc4)nc(-c4ccc(-c5ccc6ccccc6c5)cc4)n3)cc1C21c2ccccc2Oc2ccccc21. The van der Waals surface area contributed by atoms with E-state index in [-0.39, 0.29) is 0 Å². The van der Waals surface area contributed by atoms with Gasteiger partial charge in [0.1, 0.15) is 11.5 Å². The van der Waals surface area contributed by atoms with Gasteiger partial charge in [-0.05, 0) is 75.3 Å². The van der Waals surface area contributed by atoms with Crippen molar-refractivity contribution < 1.29 is 4.74 Å². The van der Waals surface area contributed by atoms with Gasteiger partial charge in [0.15, 0.2) is 17.5 Å². The van der Waals surface area contributed by atoms with Crippen LogP contribution in [-0.2, 0) is 5.41 Å². The van der Waals surface area contributed by atoms with E-state index in [0.29, 0.717) is 17.5 Å². The fourth-order valence-corrected chi connectivity index (χ4v) is 8.69. The van der Waals surface area contributed by atoms with Crippen LogP contribution in [0.2, 0.25) is 0 Å². The van der Waals surface area contributed by atoms with Crippen molar-refractivity contribution in [1.82, 2.24) is 15.0 Å². The van der Waals surface area contributed by atoms with Gasteiger partial charge < -0.3 is 4.74 Å². The Morgan fingerprint density at radius 1 is 0.364 bits per heavy atom. The highest BCUT2D eigenvalue weighted by Gasteiger charge is 2.51. The predicted octanol–water partition coefficient (Wildman–Crippen LogP) is 12.5. The Hall–Kier alpha value is -7.17. The van der Waals surface area contributed by atoms with Gasteiger partial charge >= 0.3 is 0 Å². The molecule has 4 nitrogen and oxygen atoms in total. The first kappa shape index (κ1) is 31.4. The molecule has 1 aromatic heterocycles. The molecule has 9 aromatic rings. The van der Waals surface area contributed by atoms with Crippen molar-refractivity contribution in [3.63, 3.8) is 0 Å². The van der Waals surface area contributed by atoms with Gasteiger partial charge in [0.2, 0.25) is 0 Å². The number of nitrogens with zero attached hydrogens (tertiary/aromatic N) is 3. The van der Waals surface area contributed by atoms with Crippen LogP contribution in [0.15, 0.2) is 182 Å². The summed E-state index contributed by atoms with van der Waals surface area (Å²) in [4.78, 5) is 15.4. The van der Waals surface area contributed by atoms with Gasteiger partial charge in [0.05, 0.1) is 5.41 Å². The van der Waals surface area contributed by atoms with Crippen LogP contribution in [0, 0.1) is 6.92 Å². The van der Waals surface area contributed by atoms with Crippen LogP contribution in [0.5, 0.6) is 11.5 Å². The molecule has 0 unspecified atom stereocenters. The monoisotopic (exact) mass is 703 g/mol. The molecule has 4 heteroatoms. The molecule has 2 heterocycles. The minimum absolute atomic E-state index is 0.587. The average molecular weight is 704 g/mol. The zero-order valence-corrected chi connectivity index (χ0v) is 30.1. The van der Waals surface area contributed by atoms with Gasteiger partial charge in [-0.1, -0.05) is 163 Å². The highest BCUT2D eigenvalue weighted by atomic mass is 16.5. The van der Waals surface area contributed by atoms with Crippen molar-refractivity contribution in [1.29, 1.82) is 0 Å². The van der Waals surface area contributed by atoms with Gasteiger partial charge in [0.25, 0.3) is 0 Å². The topological polar surface area (TPSA) is 47.9 Å². The lowest BCUT2D eigenvalue weighted by Gasteiger charge is -2.39. The van der Waals surface area contributed by atoms with E-state index >= 15 is 0 Å². The number of para-hydroxylation sites is 2. The minimum atomic E-state index is -0.587. The van der Waals surface area contributed by atoms with Crippen LogP contribution in [0.25, 0.3) is 67.2 Å². The molecule has 258 valence electrons. The van der Waals surface area contributed by atoms with Crippen molar-refractivity contribution >= 4 is 10.8 Å². The van der Waals surface area contributed by atoms with E-state index in [0.717, 1.165) is 44.9 Å². The Labute approximate surface area is 319 Å². The number of benzene rings is 8. The van der Waals surface area contributed by atoms with E-state index in [1.165, 1.54) is 44.2 Å². The Kier molecular flexibility index (Phi) is 6.95. The lowest BCUT2D eigenvalue weighted by Crippen LogP contribution is -2.32. The number of rotatable bonds is 4. The van der Waals surface area contributed by atoms with E-state index in [9.17, 15) is 0 Å². The maximum absolute atomic E-state index is 6.58. The smallest absolute Gasteiger partial charge is 0.164 e. The molecule has 0 radical (unpaired) electrons. The summed E-state index contributed by atoms with van der Waals surface area (Å²) in [5.74, 6) is 3.62. The summed E-state index contributed by atoms with van der Waals surface area (Å²) in [5, 5.41) is 2.46. The van der Waals surface area contributed by atoms with Crippen molar-refractivity contribution in [2.24, 2.45) is 0 Å². The highest BCUT2D eigenvalue weighted by molar-refractivity contribution is 5.91. The fourth-order valence-electron chi connectivity index (χ4n) is 8.69. The van der Waals surface area contributed by atoms with E-state index in [1.807, 2.05) is 18.2 Å². The number of aryl methyl sites for hydroxylation is 1. The van der Waals surface area contributed by atoms with E-state index < -0.39 is 5.41 Å². The van der Waals surface area contributed by atoms with Gasteiger partial charge in [-0.15, -0.1) is 0 Å². The van der Waals surface area contributed by atoms with Crippen molar-refractivity contribution in [2.75, 3.05) is 0 Å². The van der Waals surface area contributed by atoms with Crippen LogP contribution in [0.4, 0.5) is 0 Å².